The van der Waals surface area contributed by atoms with Gasteiger partial charge < -0.3 is 5.32 Å². The van der Waals surface area contributed by atoms with Gasteiger partial charge in [-0.2, -0.15) is 0 Å². The smallest absolute Gasteiger partial charge is 0.266 e. The van der Waals surface area contributed by atoms with Crippen LogP contribution in [0.3, 0.4) is 0 Å². The van der Waals surface area contributed by atoms with E-state index in [-0.39, 0.29) is 5.56 Å². The van der Waals surface area contributed by atoms with Crippen molar-refractivity contribution >= 4 is 17.9 Å². The molecule has 7 heteroatoms. The van der Waals surface area contributed by atoms with E-state index in [4.69, 9.17) is 11.6 Å². The second kappa shape index (κ2) is 8.66. The first-order valence-electron chi connectivity index (χ1n) is 6.66. The summed E-state index contributed by atoms with van der Waals surface area (Å²) in [5.74, 6) is -0.967. The van der Waals surface area contributed by atoms with Gasteiger partial charge in [-0.05, 0) is 29.8 Å². The van der Waals surface area contributed by atoms with Crippen LogP contribution in [0.4, 0.5) is 8.78 Å². The van der Waals surface area contributed by atoms with E-state index in [2.05, 4.69) is 11.2 Å². The number of carbonyl (C=O) groups excluding carboxylic acids is 2. The molecule has 0 fully saturated rings. The number of carbonyl (C=O) groups is 2. The molecule has 2 unspecified atom stereocenters. The molecule has 0 saturated heterocycles. The van der Waals surface area contributed by atoms with Gasteiger partial charge in [0.05, 0.1) is 0 Å². The molecule has 0 bridgehead atoms. The lowest BCUT2D eigenvalue weighted by molar-refractivity contribution is -0.134. The van der Waals surface area contributed by atoms with Gasteiger partial charge in [0.2, 0.25) is 6.43 Å². The van der Waals surface area contributed by atoms with Crippen LogP contribution in [0.1, 0.15) is 22.8 Å². The average molecular weight is 322 g/mol. The topological polar surface area (TPSA) is 78.4 Å². The van der Waals surface area contributed by atoms with Crippen LogP contribution < -0.4 is 10.8 Å². The Labute approximate surface area is 132 Å². The lowest BCUT2D eigenvalue weighted by Crippen LogP contribution is -2.51. The number of allylic oxidation sites excluding steroid dienone is 1. The van der Waals surface area contributed by atoms with Gasteiger partial charge in [0, 0.05) is 11.5 Å². The van der Waals surface area contributed by atoms with Crippen molar-refractivity contribution in [2.24, 2.45) is 5.92 Å². The number of benzene rings is 1. The third kappa shape index (κ3) is 5.20. The summed E-state index contributed by atoms with van der Waals surface area (Å²) in [7, 11) is 0. The summed E-state index contributed by atoms with van der Waals surface area (Å²) >= 11 is 0. The normalized spacial score (nSPS) is 13.4. The van der Waals surface area contributed by atoms with Crippen LogP contribution in [0.2, 0.25) is 0 Å². The van der Waals surface area contributed by atoms with Crippen LogP contribution in [-0.2, 0) is 4.79 Å². The molecule has 0 radical (unpaired) electrons. The van der Waals surface area contributed by atoms with Gasteiger partial charge in [0.15, 0.2) is 0 Å². The summed E-state index contributed by atoms with van der Waals surface area (Å²) in [5.41, 5.74) is 2.21. The lowest BCUT2D eigenvalue weighted by Gasteiger charge is -2.22. The van der Waals surface area contributed by atoms with Gasteiger partial charge in [-0.15, -0.1) is 6.42 Å². The maximum absolute atomic E-state index is 12.8. The van der Waals surface area contributed by atoms with Crippen LogP contribution in [-0.4, -0.2) is 29.5 Å². The van der Waals surface area contributed by atoms with Crippen molar-refractivity contribution in [2.45, 2.75) is 19.4 Å². The minimum absolute atomic E-state index is 0.181. The molecule has 23 heavy (non-hydrogen) atoms. The molecule has 1 rings (SSSR count). The Morgan fingerprint density at radius 2 is 1.91 bits per heavy atom. The summed E-state index contributed by atoms with van der Waals surface area (Å²) in [6.45, 7) is 1.10. The number of rotatable bonds is 6. The molecule has 0 aliphatic carbocycles. The Bertz CT molecular complexity index is 621. The van der Waals surface area contributed by atoms with Crippen LogP contribution in [0.5, 0.6) is 0 Å². The monoisotopic (exact) mass is 322 g/mol. The summed E-state index contributed by atoms with van der Waals surface area (Å²) in [6, 6.07) is 4.59. The Morgan fingerprint density at radius 1 is 1.30 bits per heavy atom. The summed E-state index contributed by atoms with van der Waals surface area (Å²) in [5, 5.41) is 10.8. The van der Waals surface area contributed by atoms with E-state index in [1.165, 1.54) is 23.7 Å². The maximum atomic E-state index is 12.8. The molecule has 0 spiro atoms. The second-order valence-corrected chi connectivity index (χ2v) is 4.74. The highest BCUT2D eigenvalue weighted by Crippen LogP contribution is 2.15. The largest absolute Gasteiger partial charge is 0.340 e. The molecular weight excluding hydrogens is 306 g/mol. The highest BCUT2D eigenvalue weighted by atomic mass is 19.3. The van der Waals surface area contributed by atoms with Crippen LogP contribution in [0.15, 0.2) is 30.3 Å². The maximum Gasteiger partial charge on any atom is 0.266 e. The van der Waals surface area contributed by atoms with Crippen LogP contribution >= 0.6 is 0 Å². The summed E-state index contributed by atoms with van der Waals surface area (Å²) in [6.07, 6.45) is 5.39. The molecule has 1 aromatic carbocycles. The third-order valence-corrected chi connectivity index (χ3v) is 3.15. The molecule has 2 atom stereocenters. The number of hydroxylamine groups is 1. The van der Waals surface area contributed by atoms with Crippen molar-refractivity contribution in [3.63, 3.8) is 0 Å². The number of nitrogens with one attached hydrogen (secondary N) is 2. The predicted molar refractivity (Wildman–Crippen MR) is 80.7 cm³/mol. The van der Waals surface area contributed by atoms with E-state index < -0.39 is 30.2 Å². The van der Waals surface area contributed by atoms with E-state index in [0.717, 1.165) is 12.5 Å². The fourth-order valence-corrected chi connectivity index (χ4v) is 1.77. The molecule has 3 N–H and O–H groups in total. The first-order valence-corrected chi connectivity index (χ1v) is 6.66. The molecule has 0 aliphatic rings. The molecule has 1 aromatic rings. The van der Waals surface area contributed by atoms with Gasteiger partial charge in [-0.3, -0.25) is 14.8 Å². The highest BCUT2D eigenvalue weighted by Gasteiger charge is 2.32. The van der Waals surface area contributed by atoms with E-state index >= 15 is 0 Å². The van der Waals surface area contributed by atoms with Crippen molar-refractivity contribution in [3.05, 3.63) is 41.5 Å². The van der Waals surface area contributed by atoms with Gasteiger partial charge >= 0.3 is 0 Å². The van der Waals surface area contributed by atoms with E-state index in [1.54, 1.807) is 18.2 Å². The molecule has 0 aromatic heterocycles. The Kier molecular flexibility index (Phi) is 6.90. The zero-order valence-electron chi connectivity index (χ0n) is 12.3. The number of halogens is 2. The number of terminal acetylenes is 1. The summed E-state index contributed by atoms with van der Waals surface area (Å²) < 4.78 is 25.5. The number of alkyl halides is 2. The highest BCUT2D eigenvalue weighted by molar-refractivity contribution is 5.97. The minimum Gasteiger partial charge on any atom is -0.340 e. The van der Waals surface area contributed by atoms with Crippen LogP contribution in [0, 0.1) is 18.3 Å². The molecule has 0 saturated carbocycles. The van der Waals surface area contributed by atoms with E-state index in [1.807, 2.05) is 0 Å². The van der Waals surface area contributed by atoms with Crippen molar-refractivity contribution in [3.8, 4) is 12.3 Å². The van der Waals surface area contributed by atoms with Crippen molar-refractivity contribution in [2.75, 3.05) is 0 Å². The van der Waals surface area contributed by atoms with Crippen molar-refractivity contribution < 1.29 is 23.6 Å². The first-order chi connectivity index (χ1) is 10.9. The van der Waals surface area contributed by atoms with Gasteiger partial charge in [0.25, 0.3) is 11.8 Å². The molecule has 5 nitrogen and oxygen atoms in total. The van der Waals surface area contributed by atoms with Gasteiger partial charge in [0.1, 0.15) is 6.04 Å². The number of hydrogen-bond donors (Lipinski definition) is 3. The quantitative estimate of drug-likeness (QED) is 0.425. The predicted octanol–water partition coefficient (Wildman–Crippen LogP) is 1.84. The van der Waals surface area contributed by atoms with E-state index in [0.29, 0.717) is 0 Å². The molecular formula is C16H16F2N2O3. The third-order valence-electron chi connectivity index (χ3n) is 3.15. The fourth-order valence-electron chi connectivity index (χ4n) is 1.77. The SMILES string of the molecule is C#C/C=C/c1ccc(C(=O)NC(C(=O)NO)C(C)C(F)F)cc1. The Balaban J connectivity index is 2.88. The first kappa shape index (κ1) is 18.3. The lowest BCUT2D eigenvalue weighted by atomic mass is 10.0. The second-order valence-electron chi connectivity index (χ2n) is 4.74. The van der Waals surface area contributed by atoms with Crippen molar-refractivity contribution in [1.29, 1.82) is 0 Å². The number of amides is 2. The van der Waals surface area contributed by atoms with Gasteiger partial charge in [-0.25, -0.2) is 14.3 Å². The van der Waals surface area contributed by atoms with Crippen molar-refractivity contribution in [1.82, 2.24) is 10.8 Å². The molecule has 0 aliphatic heterocycles. The van der Waals surface area contributed by atoms with E-state index in [9.17, 15) is 18.4 Å². The molecule has 122 valence electrons. The number of hydrogen-bond acceptors (Lipinski definition) is 3. The zero-order valence-corrected chi connectivity index (χ0v) is 12.3. The minimum atomic E-state index is -2.84. The zero-order chi connectivity index (χ0) is 17.4. The standard InChI is InChI=1S/C16H16F2N2O3/c1-3-4-5-11-6-8-12(9-7-11)15(21)19-13(16(22)20-23)10(2)14(17)18/h1,4-10,13-14,23H,2H3,(H,19,21)(H,20,22)/b5-4+. The van der Waals surface area contributed by atoms with Crippen LogP contribution in [0.25, 0.3) is 6.08 Å². The fraction of sp³-hybridized carbons (Fsp3) is 0.250. The summed E-state index contributed by atoms with van der Waals surface area (Å²) in [4.78, 5) is 23.5. The Morgan fingerprint density at radius 3 is 2.39 bits per heavy atom. The molecule has 2 amide bonds. The molecule has 0 heterocycles. The average Bonchev–Trinajstić information content (AvgIpc) is 2.56. The van der Waals surface area contributed by atoms with Gasteiger partial charge in [-0.1, -0.05) is 25.0 Å². The Hall–Kier alpha value is -2.72.